The molecule has 0 fully saturated rings. The van der Waals surface area contributed by atoms with Crippen molar-refractivity contribution in [1.82, 2.24) is 4.98 Å². The Kier molecular flexibility index (Phi) is 3.90. The summed E-state index contributed by atoms with van der Waals surface area (Å²) in [6, 6.07) is 14.1. The highest BCUT2D eigenvalue weighted by molar-refractivity contribution is 9.10. The Morgan fingerprint density at radius 3 is 2.80 bits per heavy atom. The molecule has 2 nitrogen and oxygen atoms in total. The van der Waals surface area contributed by atoms with Gasteiger partial charge in [-0.3, -0.25) is 4.98 Å². The number of benzene rings is 2. The Morgan fingerprint density at radius 1 is 1.10 bits per heavy atom. The van der Waals surface area contributed by atoms with Gasteiger partial charge in [0.2, 0.25) is 0 Å². The van der Waals surface area contributed by atoms with E-state index in [1.54, 1.807) is 0 Å². The van der Waals surface area contributed by atoms with Gasteiger partial charge in [-0.2, -0.15) is 0 Å². The number of hydrogen-bond acceptors (Lipinski definition) is 2. The molecule has 20 heavy (non-hydrogen) atoms. The van der Waals surface area contributed by atoms with Crippen molar-refractivity contribution in [3.63, 3.8) is 0 Å². The Hall–Kier alpha value is -1.58. The zero-order valence-electron chi connectivity index (χ0n) is 10.6. The van der Waals surface area contributed by atoms with Crippen molar-refractivity contribution in [2.45, 2.75) is 6.54 Å². The summed E-state index contributed by atoms with van der Waals surface area (Å²) in [5, 5.41) is 6.45. The Labute approximate surface area is 130 Å². The third-order valence-electron chi connectivity index (χ3n) is 3.15. The van der Waals surface area contributed by atoms with Crippen molar-refractivity contribution >= 4 is 44.0 Å². The molecule has 0 bridgehead atoms. The van der Waals surface area contributed by atoms with Crippen LogP contribution in [-0.4, -0.2) is 4.98 Å². The predicted octanol–water partition coefficient (Wildman–Crippen LogP) is 5.26. The second kappa shape index (κ2) is 5.81. The molecule has 1 heterocycles. The molecule has 0 aliphatic rings. The molecule has 0 saturated heterocycles. The van der Waals surface area contributed by atoms with E-state index in [0.29, 0.717) is 11.6 Å². The van der Waals surface area contributed by atoms with Crippen LogP contribution in [0.3, 0.4) is 0 Å². The average molecular weight is 348 g/mol. The maximum atomic E-state index is 6.09. The van der Waals surface area contributed by atoms with E-state index in [9.17, 15) is 0 Å². The number of fused-ring (bicyclic) bond motifs is 1. The number of hydrogen-bond donors (Lipinski definition) is 1. The summed E-state index contributed by atoms with van der Waals surface area (Å²) in [5.41, 5.74) is 2.16. The number of nitrogens with one attached hydrogen (secondary N) is 1. The van der Waals surface area contributed by atoms with E-state index in [2.05, 4.69) is 38.4 Å². The Morgan fingerprint density at radius 2 is 1.95 bits per heavy atom. The van der Waals surface area contributed by atoms with Crippen LogP contribution in [0.25, 0.3) is 10.8 Å². The topological polar surface area (TPSA) is 24.9 Å². The fraction of sp³-hybridized carbons (Fsp3) is 0.0625. The molecule has 0 saturated carbocycles. The van der Waals surface area contributed by atoms with Crippen molar-refractivity contribution in [2.75, 3.05) is 5.32 Å². The quantitative estimate of drug-likeness (QED) is 0.699. The molecule has 1 aromatic heterocycles. The SMILES string of the molecule is Clc1cc(NCc2cncc3ccccc23)ccc1Br. The lowest BCUT2D eigenvalue weighted by Crippen LogP contribution is -2.00. The standard InChI is InChI=1S/C16H12BrClN2/c17-15-6-5-13(7-16(15)18)20-10-12-9-19-8-11-3-1-2-4-14(11)12/h1-9,20H,10H2. The third kappa shape index (κ3) is 2.79. The van der Waals surface area contributed by atoms with Crippen LogP contribution in [0.1, 0.15) is 5.56 Å². The molecule has 100 valence electrons. The van der Waals surface area contributed by atoms with Crippen LogP contribution >= 0.6 is 27.5 Å². The molecule has 0 radical (unpaired) electrons. The summed E-state index contributed by atoms with van der Waals surface area (Å²) in [7, 11) is 0. The van der Waals surface area contributed by atoms with E-state index in [-0.39, 0.29) is 0 Å². The number of nitrogens with zero attached hydrogens (tertiary/aromatic N) is 1. The zero-order chi connectivity index (χ0) is 13.9. The highest BCUT2D eigenvalue weighted by atomic mass is 79.9. The average Bonchev–Trinajstić information content (AvgIpc) is 2.48. The van der Waals surface area contributed by atoms with E-state index < -0.39 is 0 Å². The van der Waals surface area contributed by atoms with Crippen LogP contribution in [0, 0.1) is 0 Å². The van der Waals surface area contributed by atoms with Crippen LogP contribution in [0.5, 0.6) is 0 Å². The predicted molar refractivity (Wildman–Crippen MR) is 88.2 cm³/mol. The first kappa shape index (κ1) is 13.4. The molecule has 0 aliphatic carbocycles. The molecule has 0 aliphatic heterocycles. The van der Waals surface area contributed by atoms with Crippen molar-refractivity contribution < 1.29 is 0 Å². The van der Waals surface area contributed by atoms with Crippen LogP contribution < -0.4 is 5.32 Å². The van der Waals surface area contributed by atoms with Gasteiger partial charge >= 0.3 is 0 Å². The lowest BCUT2D eigenvalue weighted by Gasteiger charge is -2.09. The summed E-state index contributed by atoms with van der Waals surface area (Å²) in [4.78, 5) is 4.28. The van der Waals surface area contributed by atoms with E-state index in [4.69, 9.17) is 11.6 Å². The minimum atomic E-state index is 0.700. The number of rotatable bonds is 3. The largest absolute Gasteiger partial charge is 0.381 e. The molecule has 1 N–H and O–H groups in total. The smallest absolute Gasteiger partial charge is 0.0568 e. The fourth-order valence-corrected chi connectivity index (χ4v) is 2.55. The molecule has 3 aromatic rings. The van der Waals surface area contributed by atoms with Crippen molar-refractivity contribution in [3.05, 3.63) is 69.9 Å². The molecule has 4 heteroatoms. The monoisotopic (exact) mass is 346 g/mol. The number of anilines is 1. The summed E-state index contributed by atoms with van der Waals surface area (Å²) in [5.74, 6) is 0. The first-order chi connectivity index (χ1) is 9.74. The maximum Gasteiger partial charge on any atom is 0.0568 e. The van der Waals surface area contributed by atoms with Crippen molar-refractivity contribution in [1.29, 1.82) is 0 Å². The van der Waals surface area contributed by atoms with Gasteiger partial charge in [0.1, 0.15) is 0 Å². The van der Waals surface area contributed by atoms with Gasteiger partial charge in [0.15, 0.2) is 0 Å². The van der Waals surface area contributed by atoms with Crippen LogP contribution in [0.15, 0.2) is 59.3 Å². The number of aromatic nitrogens is 1. The van der Waals surface area contributed by atoms with Gasteiger partial charge in [0, 0.05) is 34.5 Å². The fourth-order valence-electron chi connectivity index (χ4n) is 2.12. The summed E-state index contributed by atoms with van der Waals surface area (Å²) < 4.78 is 0.900. The summed E-state index contributed by atoms with van der Waals surface area (Å²) >= 11 is 9.48. The van der Waals surface area contributed by atoms with Gasteiger partial charge in [0.25, 0.3) is 0 Å². The molecular weight excluding hydrogens is 336 g/mol. The molecular formula is C16H12BrClN2. The molecule has 2 aromatic carbocycles. The normalized spacial score (nSPS) is 10.7. The Balaban J connectivity index is 1.85. The summed E-state index contributed by atoms with van der Waals surface area (Å²) in [6.07, 6.45) is 3.78. The van der Waals surface area contributed by atoms with Gasteiger partial charge in [-0.25, -0.2) is 0 Å². The third-order valence-corrected chi connectivity index (χ3v) is 4.39. The molecule has 0 atom stereocenters. The number of pyridine rings is 1. The van der Waals surface area contributed by atoms with Crippen molar-refractivity contribution in [3.8, 4) is 0 Å². The van der Waals surface area contributed by atoms with Crippen LogP contribution in [0.2, 0.25) is 5.02 Å². The lowest BCUT2D eigenvalue weighted by molar-refractivity contribution is 1.14. The zero-order valence-corrected chi connectivity index (χ0v) is 12.9. The molecule has 0 unspecified atom stereocenters. The van der Waals surface area contributed by atoms with Crippen LogP contribution in [-0.2, 0) is 6.54 Å². The highest BCUT2D eigenvalue weighted by Gasteiger charge is 2.02. The summed E-state index contributed by atoms with van der Waals surface area (Å²) in [6.45, 7) is 0.715. The minimum absolute atomic E-state index is 0.700. The van der Waals surface area contributed by atoms with E-state index in [1.165, 1.54) is 10.9 Å². The van der Waals surface area contributed by atoms with Gasteiger partial charge in [0.05, 0.1) is 5.02 Å². The second-order valence-electron chi connectivity index (χ2n) is 4.50. The van der Waals surface area contributed by atoms with Gasteiger partial charge < -0.3 is 5.32 Å². The lowest BCUT2D eigenvalue weighted by atomic mass is 10.1. The van der Waals surface area contributed by atoms with Gasteiger partial charge in [-0.05, 0) is 45.1 Å². The first-order valence-corrected chi connectivity index (χ1v) is 7.42. The molecule has 0 spiro atoms. The second-order valence-corrected chi connectivity index (χ2v) is 5.76. The Bertz CT molecular complexity index is 753. The number of halogens is 2. The van der Waals surface area contributed by atoms with Gasteiger partial charge in [-0.15, -0.1) is 0 Å². The van der Waals surface area contributed by atoms with E-state index in [1.807, 2.05) is 42.7 Å². The molecule has 3 rings (SSSR count). The van der Waals surface area contributed by atoms with Crippen LogP contribution in [0.4, 0.5) is 5.69 Å². The first-order valence-electron chi connectivity index (χ1n) is 6.24. The minimum Gasteiger partial charge on any atom is -0.381 e. The molecule has 0 amide bonds. The van der Waals surface area contributed by atoms with Gasteiger partial charge in [-0.1, -0.05) is 35.9 Å². The van der Waals surface area contributed by atoms with Crippen molar-refractivity contribution in [2.24, 2.45) is 0 Å². The van der Waals surface area contributed by atoms with E-state index >= 15 is 0 Å². The van der Waals surface area contributed by atoms with E-state index in [0.717, 1.165) is 15.5 Å². The maximum absolute atomic E-state index is 6.09. The highest BCUT2D eigenvalue weighted by Crippen LogP contribution is 2.26.